The Labute approximate surface area is 205 Å². The molecule has 4 rings (SSSR count). The number of carbonyl (C=O) groups excluding carboxylic acids is 3. The van der Waals surface area contributed by atoms with E-state index in [0.29, 0.717) is 54.2 Å². The summed E-state index contributed by atoms with van der Waals surface area (Å²) in [5.74, 6) is 0.712. The molecule has 0 bridgehead atoms. The zero-order valence-electron chi connectivity index (χ0n) is 19.3. The van der Waals surface area contributed by atoms with Gasteiger partial charge in [0.05, 0.1) is 12.3 Å². The number of carbonyl (C=O) groups is 3. The minimum atomic E-state index is -0.198. The smallest absolute Gasteiger partial charge is 0.253 e. The average Bonchev–Trinajstić information content (AvgIpc) is 3.45. The number of nitrogens with one attached hydrogen (secondary N) is 2. The van der Waals surface area contributed by atoms with Gasteiger partial charge in [-0.05, 0) is 41.6 Å². The van der Waals surface area contributed by atoms with Crippen molar-refractivity contribution in [2.45, 2.75) is 12.1 Å². The molecule has 0 saturated carbocycles. The third-order valence-electron chi connectivity index (χ3n) is 5.25. The first-order chi connectivity index (χ1) is 16.9. The molecule has 3 aromatic rings. The lowest BCUT2D eigenvalue weighted by molar-refractivity contribution is -0.117. The summed E-state index contributed by atoms with van der Waals surface area (Å²) in [6, 6.07) is 8.44. The van der Waals surface area contributed by atoms with Crippen LogP contribution in [0.5, 0.6) is 0 Å². The number of nitrogens with zero attached hydrogens (tertiary/aromatic N) is 7. The summed E-state index contributed by atoms with van der Waals surface area (Å²) in [4.78, 5) is 41.0. The van der Waals surface area contributed by atoms with Crippen LogP contribution in [0.15, 0.2) is 40.0 Å². The summed E-state index contributed by atoms with van der Waals surface area (Å²) in [6.45, 7) is 4.17. The number of piperazine rings is 1. The van der Waals surface area contributed by atoms with E-state index in [2.05, 4.69) is 31.3 Å². The Balaban J connectivity index is 1.20. The fourth-order valence-corrected chi connectivity index (χ4v) is 4.12. The molecular formula is C21H25N9O4S. The molecule has 0 atom stereocenters. The van der Waals surface area contributed by atoms with Crippen LogP contribution in [0.4, 0.5) is 11.5 Å². The lowest BCUT2D eigenvalue weighted by atomic mass is 10.1. The van der Waals surface area contributed by atoms with Gasteiger partial charge in [-0.2, -0.15) is 0 Å². The first kappa shape index (κ1) is 24.3. The van der Waals surface area contributed by atoms with Crippen LogP contribution >= 0.6 is 11.8 Å². The van der Waals surface area contributed by atoms with E-state index in [-0.39, 0.29) is 30.0 Å². The highest BCUT2D eigenvalue weighted by molar-refractivity contribution is 7.99. The zero-order chi connectivity index (χ0) is 24.8. The van der Waals surface area contributed by atoms with Crippen molar-refractivity contribution in [2.24, 2.45) is 7.05 Å². The molecule has 184 valence electrons. The van der Waals surface area contributed by atoms with Gasteiger partial charge in [-0.25, -0.2) is 4.68 Å². The van der Waals surface area contributed by atoms with Crippen molar-refractivity contribution in [2.75, 3.05) is 49.1 Å². The number of anilines is 2. The van der Waals surface area contributed by atoms with Crippen LogP contribution in [0.25, 0.3) is 0 Å². The van der Waals surface area contributed by atoms with Gasteiger partial charge in [0, 0.05) is 50.5 Å². The molecule has 3 heterocycles. The second-order valence-corrected chi connectivity index (χ2v) is 8.88. The number of hydrogen-bond acceptors (Lipinski definition) is 10. The van der Waals surface area contributed by atoms with E-state index in [1.165, 1.54) is 16.4 Å². The number of rotatable bonds is 8. The van der Waals surface area contributed by atoms with E-state index in [1.54, 1.807) is 49.2 Å². The van der Waals surface area contributed by atoms with Crippen molar-refractivity contribution >= 4 is 41.0 Å². The lowest BCUT2D eigenvalue weighted by Crippen LogP contribution is -2.50. The number of amides is 3. The van der Waals surface area contributed by atoms with Crippen molar-refractivity contribution in [3.8, 4) is 0 Å². The molecule has 0 radical (unpaired) electrons. The van der Waals surface area contributed by atoms with Crippen LogP contribution in [0.1, 0.15) is 16.1 Å². The van der Waals surface area contributed by atoms with Crippen LogP contribution in [0, 0.1) is 6.92 Å². The third kappa shape index (κ3) is 6.64. The molecule has 2 N–H and O–H groups in total. The highest BCUT2D eigenvalue weighted by Crippen LogP contribution is 2.16. The highest BCUT2D eigenvalue weighted by Gasteiger charge is 2.23. The Bertz CT molecular complexity index is 1190. The Kier molecular flexibility index (Phi) is 7.72. The number of tetrazole rings is 1. The van der Waals surface area contributed by atoms with Gasteiger partial charge >= 0.3 is 0 Å². The molecular weight excluding hydrogens is 474 g/mol. The molecule has 0 unspecified atom stereocenters. The molecule has 1 aromatic carbocycles. The normalized spacial score (nSPS) is 14.1. The monoisotopic (exact) mass is 499 g/mol. The Morgan fingerprint density at radius 2 is 1.80 bits per heavy atom. The molecule has 1 aliphatic heterocycles. The van der Waals surface area contributed by atoms with Crippen molar-refractivity contribution in [1.29, 1.82) is 0 Å². The molecule has 35 heavy (non-hydrogen) atoms. The van der Waals surface area contributed by atoms with E-state index < -0.39 is 0 Å². The predicted octanol–water partition coefficient (Wildman–Crippen LogP) is 0.634. The maximum absolute atomic E-state index is 12.9. The van der Waals surface area contributed by atoms with Crippen molar-refractivity contribution < 1.29 is 18.9 Å². The fourth-order valence-electron chi connectivity index (χ4n) is 3.47. The van der Waals surface area contributed by atoms with E-state index in [4.69, 9.17) is 4.52 Å². The number of thioether (sulfide) groups is 1. The second kappa shape index (κ2) is 11.1. The SMILES string of the molecule is Cc1cc(NC(=O)CN2CCN(C(=O)c3ccc(NC(=O)CSc4nnnn4C)cc3)CC2)no1. The quantitative estimate of drug-likeness (QED) is 0.422. The lowest BCUT2D eigenvalue weighted by Gasteiger charge is -2.34. The summed E-state index contributed by atoms with van der Waals surface area (Å²) in [7, 11) is 1.70. The largest absolute Gasteiger partial charge is 0.360 e. The molecule has 1 fully saturated rings. The van der Waals surface area contributed by atoms with Gasteiger partial charge in [0.15, 0.2) is 5.82 Å². The minimum Gasteiger partial charge on any atom is -0.360 e. The Morgan fingerprint density at radius 1 is 1.06 bits per heavy atom. The minimum absolute atomic E-state index is 0.0876. The molecule has 3 amide bonds. The zero-order valence-corrected chi connectivity index (χ0v) is 20.1. The van der Waals surface area contributed by atoms with Crippen LogP contribution in [-0.2, 0) is 16.6 Å². The predicted molar refractivity (Wildman–Crippen MR) is 127 cm³/mol. The van der Waals surface area contributed by atoms with Crippen molar-refractivity contribution in [3.05, 3.63) is 41.7 Å². The van der Waals surface area contributed by atoms with E-state index in [9.17, 15) is 14.4 Å². The van der Waals surface area contributed by atoms with Gasteiger partial charge in [0.25, 0.3) is 5.91 Å². The second-order valence-electron chi connectivity index (χ2n) is 7.94. The highest BCUT2D eigenvalue weighted by atomic mass is 32.2. The van der Waals surface area contributed by atoms with Gasteiger partial charge in [0.1, 0.15) is 5.76 Å². The molecule has 0 spiro atoms. The van der Waals surface area contributed by atoms with Gasteiger partial charge in [-0.3, -0.25) is 19.3 Å². The van der Waals surface area contributed by atoms with Gasteiger partial charge in [-0.15, -0.1) is 5.10 Å². The molecule has 0 aliphatic carbocycles. The fraction of sp³-hybridized carbons (Fsp3) is 0.381. The summed E-state index contributed by atoms with van der Waals surface area (Å²) in [6.07, 6.45) is 0. The van der Waals surface area contributed by atoms with Gasteiger partial charge in [-0.1, -0.05) is 16.9 Å². The van der Waals surface area contributed by atoms with Crippen molar-refractivity contribution in [3.63, 3.8) is 0 Å². The van der Waals surface area contributed by atoms with E-state index in [0.717, 1.165) is 0 Å². The summed E-state index contributed by atoms with van der Waals surface area (Å²) in [5.41, 5.74) is 1.14. The molecule has 2 aromatic heterocycles. The average molecular weight is 500 g/mol. The van der Waals surface area contributed by atoms with Crippen molar-refractivity contribution in [1.82, 2.24) is 35.2 Å². The molecule has 1 aliphatic rings. The first-order valence-corrected chi connectivity index (χ1v) is 11.9. The standard InChI is InChI=1S/C21H25N9O4S/c1-14-11-17(25-34-14)23-18(31)12-29-7-9-30(10-8-29)20(33)15-3-5-16(6-4-15)22-19(32)13-35-21-24-26-27-28(21)2/h3-6,11H,7-10,12-13H2,1-2H3,(H,22,32)(H,23,25,31). The van der Waals surface area contributed by atoms with Crippen LogP contribution < -0.4 is 10.6 Å². The third-order valence-corrected chi connectivity index (χ3v) is 6.26. The van der Waals surface area contributed by atoms with Crippen LogP contribution in [0.2, 0.25) is 0 Å². The summed E-state index contributed by atoms with van der Waals surface area (Å²) in [5, 5.41) is 20.9. The topological polar surface area (TPSA) is 151 Å². The van der Waals surface area contributed by atoms with E-state index in [1.807, 2.05) is 4.90 Å². The van der Waals surface area contributed by atoms with E-state index >= 15 is 0 Å². The molecule has 14 heteroatoms. The van der Waals surface area contributed by atoms with Crippen LogP contribution in [0.3, 0.4) is 0 Å². The van der Waals surface area contributed by atoms with Gasteiger partial charge in [0.2, 0.25) is 17.0 Å². The number of benzene rings is 1. The Hall–Kier alpha value is -3.78. The van der Waals surface area contributed by atoms with Crippen LogP contribution in [-0.4, -0.2) is 91.4 Å². The number of aromatic nitrogens is 5. The first-order valence-electron chi connectivity index (χ1n) is 10.9. The maximum Gasteiger partial charge on any atom is 0.253 e. The molecule has 13 nitrogen and oxygen atoms in total. The Morgan fingerprint density at radius 3 is 2.43 bits per heavy atom. The maximum atomic E-state index is 12.9. The number of aryl methyl sites for hydroxylation is 2. The molecule has 1 saturated heterocycles. The summed E-state index contributed by atoms with van der Waals surface area (Å²) >= 11 is 1.23. The number of hydrogen-bond donors (Lipinski definition) is 2. The summed E-state index contributed by atoms with van der Waals surface area (Å²) < 4.78 is 6.43. The van der Waals surface area contributed by atoms with Gasteiger partial charge < -0.3 is 20.1 Å².